The van der Waals surface area contributed by atoms with Crippen LogP contribution in [0.15, 0.2) is 24.3 Å². The van der Waals surface area contributed by atoms with Crippen LogP contribution in [0.3, 0.4) is 0 Å². The molecule has 1 aromatic heterocycles. The minimum Gasteiger partial charge on any atom is -0.480 e. The first kappa shape index (κ1) is 20.3. The molecule has 0 aliphatic carbocycles. The number of carbonyl (C=O) groups excluding carboxylic acids is 1. The molecule has 27 heavy (non-hydrogen) atoms. The standard InChI is InChI=1S/C16H16F4N4O3/c1-8(2)13-22-12(23-24(13)10-5-3-4-9(17)6-10)14(25)21-11(15(26)27)7-16(18,19)20/h3-6,8,11H,7H2,1-2H3,(H,21,25)(H,26,27). The molecule has 0 saturated carbocycles. The molecular weight excluding hydrogens is 372 g/mol. The fourth-order valence-corrected chi connectivity index (χ4v) is 2.25. The molecule has 0 saturated heterocycles. The summed E-state index contributed by atoms with van der Waals surface area (Å²) in [6, 6.07) is 3.10. The summed E-state index contributed by atoms with van der Waals surface area (Å²) in [5, 5.41) is 14.6. The molecule has 0 fully saturated rings. The average molecular weight is 388 g/mol. The summed E-state index contributed by atoms with van der Waals surface area (Å²) in [5.74, 6) is -4.09. The molecule has 1 unspecified atom stereocenters. The molecule has 1 aromatic carbocycles. The summed E-state index contributed by atoms with van der Waals surface area (Å²) in [6.07, 6.45) is -6.52. The Hall–Kier alpha value is -2.98. The first-order chi connectivity index (χ1) is 12.5. The number of aromatic nitrogens is 3. The molecule has 2 aromatic rings. The molecule has 0 aliphatic heterocycles. The molecule has 2 rings (SSSR count). The zero-order valence-corrected chi connectivity index (χ0v) is 14.3. The molecule has 11 heteroatoms. The third kappa shape index (κ3) is 5.25. The fourth-order valence-electron chi connectivity index (χ4n) is 2.25. The van der Waals surface area contributed by atoms with Crippen LogP contribution < -0.4 is 5.32 Å². The Morgan fingerprint density at radius 3 is 2.48 bits per heavy atom. The van der Waals surface area contributed by atoms with Crippen molar-refractivity contribution in [2.75, 3.05) is 0 Å². The molecule has 0 radical (unpaired) electrons. The predicted octanol–water partition coefficient (Wildman–Crippen LogP) is 2.67. The van der Waals surface area contributed by atoms with Crippen LogP contribution in [0.25, 0.3) is 5.69 Å². The smallest absolute Gasteiger partial charge is 0.391 e. The number of rotatable bonds is 6. The molecule has 7 nitrogen and oxygen atoms in total. The van der Waals surface area contributed by atoms with Crippen LogP contribution in [0.2, 0.25) is 0 Å². The van der Waals surface area contributed by atoms with Gasteiger partial charge in [-0.05, 0) is 18.2 Å². The second-order valence-corrected chi connectivity index (χ2v) is 6.02. The maximum Gasteiger partial charge on any atom is 0.391 e. The summed E-state index contributed by atoms with van der Waals surface area (Å²) in [6.45, 7) is 3.45. The van der Waals surface area contributed by atoms with E-state index >= 15 is 0 Å². The maximum absolute atomic E-state index is 13.5. The van der Waals surface area contributed by atoms with E-state index in [1.807, 2.05) is 0 Å². The lowest BCUT2D eigenvalue weighted by molar-refractivity contribution is -0.157. The van der Waals surface area contributed by atoms with Gasteiger partial charge in [-0.25, -0.2) is 18.9 Å². The number of halogens is 4. The first-order valence-electron chi connectivity index (χ1n) is 7.81. The average Bonchev–Trinajstić information content (AvgIpc) is 2.98. The summed E-state index contributed by atoms with van der Waals surface area (Å²) >= 11 is 0. The lowest BCUT2D eigenvalue weighted by atomic mass is 10.2. The van der Waals surface area contributed by atoms with E-state index in [0.717, 1.165) is 6.07 Å². The van der Waals surface area contributed by atoms with Crippen molar-refractivity contribution in [3.8, 4) is 5.69 Å². The highest BCUT2D eigenvalue weighted by Gasteiger charge is 2.37. The van der Waals surface area contributed by atoms with Gasteiger partial charge in [-0.3, -0.25) is 4.79 Å². The predicted molar refractivity (Wildman–Crippen MR) is 85.0 cm³/mol. The number of alkyl halides is 3. The zero-order valence-electron chi connectivity index (χ0n) is 14.3. The normalized spacial score (nSPS) is 12.9. The van der Waals surface area contributed by atoms with Gasteiger partial charge in [0.25, 0.3) is 5.91 Å². The van der Waals surface area contributed by atoms with Crippen molar-refractivity contribution in [1.82, 2.24) is 20.1 Å². The van der Waals surface area contributed by atoms with Crippen molar-refractivity contribution in [1.29, 1.82) is 0 Å². The van der Waals surface area contributed by atoms with Gasteiger partial charge in [0.15, 0.2) is 0 Å². The number of hydrogen-bond acceptors (Lipinski definition) is 4. The van der Waals surface area contributed by atoms with Crippen molar-refractivity contribution in [3.63, 3.8) is 0 Å². The molecular formula is C16H16F4N4O3. The molecule has 1 amide bonds. The summed E-state index contributed by atoms with van der Waals surface area (Å²) in [4.78, 5) is 27.1. The van der Waals surface area contributed by atoms with Gasteiger partial charge in [0, 0.05) is 5.92 Å². The lowest BCUT2D eigenvalue weighted by Gasteiger charge is -2.15. The lowest BCUT2D eigenvalue weighted by Crippen LogP contribution is -2.44. The Bertz CT molecular complexity index is 848. The molecule has 0 aliphatic rings. The zero-order chi connectivity index (χ0) is 20.4. The Morgan fingerprint density at radius 1 is 1.30 bits per heavy atom. The second kappa shape index (κ2) is 7.72. The summed E-state index contributed by atoms with van der Waals surface area (Å²) in [7, 11) is 0. The van der Waals surface area contributed by atoms with Crippen LogP contribution >= 0.6 is 0 Å². The number of carbonyl (C=O) groups is 2. The van der Waals surface area contributed by atoms with Crippen molar-refractivity contribution in [2.24, 2.45) is 0 Å². The number of hydrogen-bond donors (Lipinski definition) is 2. The Kier molecular flexibility index (Phi) is 5.82. The van der Waals surface area contributed by atoms with E-state index in [4.69, 9.17) is 5.11 Å². The van der Waals surface area contributed by atoms with Gasteiger partial charge >= 0.3 is 12.1 Å². The van der Waals surface area contributed by atoms with Crippen LogP contribution in [-0.4, -0.2) is 44.0 Å². The Morgan fingerprint density at radius 2 is 1.96 bits per heavy atom. The SMILES string of the molecule is CC(C)c1nc(C(=O)NC(CC(F)(F)F)C(=O)O)nn1-c1cccc(F)c1. The third-order valence-electron chi connectivity index (χ3n) is 3.44. The molecule has 0 spiro atoms. The highest BCUT2D eigenvalue weighted by atomic mass is 19.4. The van der Waals surface area contributed by atoms with Gasteiger partial charge in [0.05, 0.1) is 12.1 Å². The van der Waals surface area contributed by atoms with Crippen molar-refractivity contribution in [3.05, 3.63) is 41.7 Å². The number of nitrogens with zero attached hydrogens (tertiary/aromatic N) is 3. The van der Waals surface area contributed by atoms with Crippen molar-refractivity contribution >= 4 is 11.9 Å². The Labute approximate surface area is 151 Å². The Balaban J connectivity index is 2.34. The van der Waals surface area contributed by atoms with E-state index in [0.29, 0.717) is 0 Å². The number of amides is 1. The minimum absolute atomic E-state index is 0.257. The molecule has 0 bridgehead atoms. The van der Waals surface area contributed by atoms with Gasteiger partial charge < -0.3 is 10.4 Å². The van der Waals surface area contributed by atoms with Gasteiger partial charge in [0.1, 0.15) is 17.7 Å². The topological polar surface area (TPSA) is 97.1 Å². The van der Waals surface area contributed by atoms with Crippen molar-refractivity contribution < 1.29 is 32.3 Å². The highest BCUT2D eigenvalue weighted by Crippen LogP contribution is 2.22. The number of benzene rings is 1. The number of carboxylic acids is 1. The highest BCUT2D eigenvalue weighted by molar-refractivity contribution is 5.93. The minimum atomic E-state index is -4.78. The van der Waals surface area contributed by atoms with E-state index in [-0.39, 0.29) is 17.4 Å². The first-order valence-corrected chi connectivity index (χ1v) is 7.81. The van der Waals surface area contributed by atoms with E-state index in [1.165, 1.54) is 22.9 Å². The maximum atomic E-state index is 13.5. The number of carboxylic acid groups (broad SMARTS) is 1. The number of nitrogens with one attached hydrogen (secondary N) is 1. The van der Waals surface area contributed by atoms with Gasteiger partial charge in [-0.15, -0.1) is 5.10 Å². The van der Waals surface area contributed by atoms with Gasteiger partial charge in [0.2, 0.25) is 5.82 Å². The monoisotopic (exact) mass is 388 g/mol. The van der Waals surface area contributed by atoms with Crippen LogP contribution in [0, 0.1) is 5.82 Å². The van der Waals surface area contributed by atoms with Gasteiger partial charge in [-0.2, -0.15) is 13.2 Å². The van der Waals surface area contributed by atoms with E-state index in [1.54, 1.807) is 19.2 Å². The quantitative estimate of drug-likeness (QED) is 0.742. The third-order valence-corrected chi connectivity index (χ3v) is 3.44. The van der Waals surface area contributed by atoms with Crippen LogP contribution in [0.1, 0.15) is 42.6 Å². The van der Waals surface area contributed by atoms with E-state index in [9.17, 15) is 27.2 Å². The molecule has 1 atom stereocenters. The summed E-state index contributed by atoms with van der Waals surface area (Å²) < 4.78 is 52.0. The number of aliphatic carboxylic acids is 1. The van der Waals surface area contributed by atoms with Crippen LogP contribution in [0.4, 0.5) is 17.6 Å². The fraction of sp³-hybridized carbons (Fsp3) is 0.375. The van der Waals surface area contributed by atoms with Gasteiger partial charge in [-0.1, -0.05) is 19.9 Å². The van der Waals surface area contributed by atoms with E-state index < -0.39 is 42.2 Å². The van der Waals surface area contributed by atoms with Crippen molar-refractivity contribution in [2.45, 2.75) is 38.4 Å². The summed E-state index contributed by atoms with van der Waals surface area (Å²) in [5.41, 5.74) is 0.260. The van der Waals surface area contributed by atoms with E-state index in [2.05, 4.69) is 10.1 Å². The molecule has 1 heterocycles. The largest absolute Gasteiger partial charge is 0.480 e. The second-order valence-electron chi connectivity index (χ2n) is 6.02. The van der Waals surface area contributed by atoms with Crippen LogP contribution in [-0.2, 0) is 4.79 Å². The molecule has 2 N–H and O–H groups in total. The molecule has 146 valence electrons. The van der Waals surface area contributed by atoms with Crippen LogP contribution in [0.5, 0.6) is 0 Å².